The van der Waals surface area contributed by atoms with Gasteiger partial charge in [0, 0.05) is 12.6 Å². The molecule has 0 aliphatic heterocycles. The number of aromatic nitrogens is 1. The Morgan fingerprint density at radius 3 is 2.68 bits per heavy atom. The zero-order chi connectivity index (χ0) is 14.5. The number of aliphatic hydroxyl groups excluding tert-OH is 1. The zero-order valence-corrected chi connectivity index (χ0v) is 11.1. The van der Waals surface area contributed by atoms with E-state index in [1.54, 1.807) is 6.92 Å². The molecule has 1 aromatic heterocycles. The molecular formula is C10H15N3O5S. The molecule has 0 amide bonds. The normalized spacial score (nSPS) is 13.2. The van der Waals surface area contributed by atoms with Gasteiger partial charge in [0.1, 0.15) is 4.90 Å². The smallest absolute Gasteiger partial charge is 0.363 e. The number of sulfonamides is 1. The van der Waals surface area contributed by atoms with Gasteiger partial charge in [-0.1, -0.05) is 0 Å². The summed E-state index contributed by atoms with van der Waals surface area (Å²) in [5, 5.41) is 19.4. The predicted octanol–water partition coefficient (Wildman–Crippen LogP) is 0.429. The fourth-order valence-electron chi connectivity index (χ4n) is 1.33. The largest absolute Gasteiger partial charge is 0.393 e. The maximum atomic E-state index is 11.8. The molecule has 0 aromatic carbocycles. The molecule has 106 valence electrons. The molecule has 19 heavy (non-hydrogen) atoms. The third-order valence-electron chi connectivity index (χ3n) is 2.31. The van der Waals surface area contributed by atoms with E-state index in [4.69, 9.17) is 5.11 Å². The van der Waals surface area contributed by atoms with Crippen molar-refractivity contribution in [2.45, 2.75) is 30.8 Å². The van der Waals surface area contributed by atoms with Crippen molar-refractivity contribution in [2.24, 2.45) is 0 Å². The van der Waals surface area contributed by atoms with E-state index in [9.17, 15) is 18.5 Å². The standard InChI is InChI=1S/C10H15N3O5S/c1-8(14)3-2-6-12-19(17,18)9-4-5-10(11-7-9)13(15)16/h4-5,7-8,12,14H,2-3,6H2,1H3. The summed E-state index contributed by atoms with van der Waals surface area (Å²) in [4.78, 5) is 13.0. The van der Waals surface area contributed by atoms with Crippen LogP contribution >= 0.6 is 0 Å². The van der Waals surface area contributed by atoms with E-state index in [0.717, 1.165) is 18.3 Å². The molecule has 0 spiro atoms. The lowest BCUT2D eigenvalue weighted by Gasteiger charge is -2.06. The number of nitro groups is 1. The Morgan fingerprint density at radius 2 is 2.21 bits per heavy atom. The van der Waals surface area contributed by atoms with Crippen LogP contribution < -0.4 is 4.72 Å². The van der Waals surface area contributed by atoms with E-state index in [1.165, 1.54) is 0 Å². The number of rotatable bonds is 7. The third kappa shape index (κ3) is 4.89. The number of nitrogens with zero attached hydrogens (tertiary/aromatic N) is 2. The van der Waals surface area contributed by atoms with Crippen LogP contribution in [0.25, 0.3) is 0 Å². The summed E-state index contributed by atoms with van der Waals surface area (Å²) in [5.41, 5.74) is 0. The summed E-state index contributed by atoms with van der Waals surface area (Å²) in [6, 6.07) is 2.16. The number of pyridine rings is 1. The van der Waals surface area contributed by atoms with Crippen LogP contribution in [-0.2, 0) is 10.0 Å². The maximum Gasteiger partial charge on any atom is 0.363 e. The van der Waals surface area contributed by atoms with Crippen molar-refractivity contribution in [1.82, 2.24) is 9.71 Å². The van der Waals surface area contributed by atoms with Crippen LogP contribution in [0.15, 0.2) is 23.2 Å². The first-order valence-electron chi connectivity index (χ1n) is 5.61. The third-order valence-corrected chi connectivity index (χ3v) is 3.76. The van der Waals surface area contributed by atoms with E-state index in [2.05, 4.69) is 9.71 Å². The lowest BCUT2D eigenvalue weighted by atomic mass is 10.2. The number of hydrogen-bond acceptors (Lipinski definition) is 6. The van der Waals surface area contributed by atoms with Gasteiger partial charge in [0.05, 0.1) is 6.10 Å². The minimum Gasteiger partial charge on any atom is -0.393 e. The Balaban J connectivity index is 2.64. The Hall–Kier alpha value is -1.58. The summed E-state index contributed by atoms with van der Waals surface area (Å²) in [7, 11) is -3.72. The molecule has 0 radical (unpaired) electrons. The quantitative estimate of drug-likeness (QED) is 0.426. The fraction of sp³-hybridized carbons (Fsp3) is 0.500. The predicted molar refractivity (Wildman–Crippen MR) is 67.0 cm³/mol. The molecule has 2 N–H and O–H groups in total. The van der Waals surface area contributed by atoms with E-state index in [0.29, 0.717) is 12.8 Å². The number of aliphatic hydroxyl groups is 1. The lowest BCUT2D eigenvalue weighted by molar-refractivity contribution is -0.389. The minimum absolute atomic E-state index is 0.129. The van der Waals surface area contributed by atoms with E-state index in [1.807, 2.05) is 0 Å². The van der Waals surface area contributed by atoms with Crippen LogP contribution in [0.1, 0.15) is 19.8 Å². The molecule has 8 nitrogen and oxygen atoms in total. The topological polar surface area (TPSA) is 122 Å². The molecule has 0 fully saturated rings. The monoisotopic (exact) mass is 289 g/mol. The number of hydrogen-bond donors (Lipinski definition) is 2. The highest BCUT2D eigenvalue weighted by atomic mass is 32.2. The highest BCUT2D eigenvalue weighted by Crippen LogP contribution is 2.12. The van der Waals surface area contributed by atoms with Crippen molar-refractivity contribution >= 4 is 15.8 Å². The molecule has 0 saturated heterocycles. The van der Waals surface area contributed by atoms with Gasteiger partial charge in [-0.05, 0) is 35.7 Å². The molecule has 0 saturated carbocycles. The zero-order valence-electron chi connectivity index (χ0n) is 10.3. The van der Waals surface area contributed by atoms with Gasteiger partial charge >= 0.3 is 5.82 Å². The van der Waals surface area contributed by atoms with Crippen molar-refractivity contribution in [1.29, 1.82) is 0 Å². The minimum atomic E-state index is -3.72. The van der Waals surface area contributed by atoms with E-state index >= 15 is 0 Å². The molecule has 0 aliphatic carbocycles. The van der Waals surface area contributed by atoms with Crippen LogP contribution in [0.2, 0.25) is 0 Å². The molecule has 1 heterocycles. The van der Waals surface area contributed by atoms with Gasteiger partial charge in [0.2, 0.25) is 10.0 Å². The molecule has 1 unspecified atom stereocenters. The fourth-order valence-corrected chi connectivity index (χ4v) is 2.35. The maximum absolute atomic E-state index is 11.8. The van der Waals surface area contributed by atoms with Gasteiger partial charge in [-0.2, -0.15) is 0 Å². The Kier molecular flexibility index (Phi) is 5.33. The highest BCUT2D eigenvalue weighted by Gasteiger charge is 2.17. The summed E-state index contributed by atoms with van der Waals surface area (Å²) in [6.45, 7) is 1.80. The lowest BCUT2D eigenvalue weighted by Crippen LogP contribution is -2.25. The second-order valence-electron chi connectivity index (χ2n) is 4.00. The van der Waals surface area contributed by atoms with Gasteiger partial charge < -0.3 is 15.2 Å². The first-order valence-corrected chi connectivity index (χ1v) is 7.09. The van der Waals surface area contributed by atoms with E-state index < -0.39 is 26.9 Å². The van der Waals surface area contributed by atoms with Crippen molar-refractivity contribution in [3.63, 3.8) is 0 Å². The van der Waals surface area contributed by atoms with Gasteiger partial charge in [0.15, 0.2) is 6.20 Å². The average molecular weight is 289 g/mol. The van der Waals surface area contributed by atoms with Crippen molar-refractivity contribution < 1.29 is 18.4 Å². The molecule has 0 bridgehead atoms. The Labute approximate surface area is 110 Å². The highest BCUT2D eigenvalue weighted by molar-refractivity contribution is 7.89. The van der Waals surface area contributed by atoms with Crippen molar-refractivity contribution in [3.8, 4) is 0 Å². The van der Waals surface area contributed by atoms with Crippen LogP contribution in [0.3, 0.4) is 0 Å². The first-order chi connectivity index (χ1) is 8.83. The SMILES string of the molecule is CC(O)CCCNS(=O)(=O)c1ccc([N+](=O)[O-])nc1. The summed E-state index contributed by atoms with van der Waals surface area (Å²) >= 11 is 0. The van der Waals surface area contributed by atoms with Crippen molar-refractivity contribution in [2.75, 3.05) is 6.54 Å². The average Bonchev–Trinajstić information content (AvgIpc) is 2.34. The van der Waals surface area contributed by atoms with Crippen LogP contribution in [0.4, 0.5) is 5.82 Å². The number of nitrogens with one attached hydrogen (secondary N) is 1. The Bertz CT molecular complexity index is 527. The molecule has 0 aliphatic rings. The molecule has 1 rings (SSSR count). The summed E-state index contributed by atoms with van der Waals surface area (Å²) in [5.74, 6) is -0.409. The summed E-state index contributed by atoms with van der Waals surface area (Å²) < 4.78 is 25.9. The van der Waals surface area contributed by atoms with Gasteiger partial charge in [-0.25, -0.2) is 13.1 Å². The second-order valence-corrected chi connectivity index (χ2v) is 5.77. The first kappa shape index (κ1) is 15.5. The van der Waals surface area contributed by atoms with E-state index in [-0.39, 0.29) is 11.4 Å². The van der Waals surface area contributed by atoms with Crippen molar-refractivity contribution in [3.05, 3.63) is 28.4 Å². The molecule has 1 aromatic rings. The Morgan fingerprint density at radius 1 is 1.53 bits per heavy atom. The van der Waals surface area contributed by atoms with Crippen LogP contribution in [0.5, 0.6) is 0 Å². The second kappa shape index (κ2) is 6.55. The van der Waals surface area contributed by atoms with Gasteiger partial charge in [0.25, 0.3) is 0 Å². The van der Waals surface area contributed by atoms with Crippen LogP contribution in [0, 0.1) is 10.1 Å². The van der Waals surface area contributed by atoms with Gasteiger partial charge in [-0.15, -0.1) is 0 Å². The van der Waals surface area contributed by atoms with Gasteiger partial charge in [-0.3, -0.25) is 0 Å². The molecule has 9 heteroatoms. The van der Waals surface area contributed by atoms with Crippen LogP contribution in [-0.4, -0.2) is 36.1 Å². The summed E-state index contributed by atoms with van der Waals surface area (Å²) in [6.07, 6.45) is 1.44. The molecular weight excluding hydrogens is 274 g/mol. The molecule has 1 atom stereocenters.